The number of carboxylic acid groups (broad SMARTS) is 1. The second-order valence-corrected chi connectivity index (χ2v) is 6.18. The molecule has 1 aliphatic carbocycles. The van der Waals surface area contributed by atoms with Crippen LogP contribution in [0, 0.1) is 5.92 Å². The van der Waals surface area contributed by atoms with E-state index in [0.29, 0.717) is 12.1 Å². The highest BCUT2D eigenvalue weighted by Gasteiger charge is 2.33. The SMILES string of the molecule is COC1(CNCc2cccc(C(=O)O)c2)CCC(C)CC1. The zero-order valence-electron chi connectivity index (χ0n) is 12.9. The fraction of sp³-hybridized carbons (Fsp3) is 0.588. The van der Waals surface area contributed by atoms with Gasteiger partial charge in [0.2, 0.25) is 0 Å². The lowest BCUT2D eigenvalue weighted by molar-refractivity contribution is -0.0460. The Morgan fingerprint density at radius 1 is 1.43 bits per heavy atom. The Morgan fingerprint density at radius 2 is 2.14 bits per heavy atom. The van der Waals surface area contributed by atoms with Gasteiger partial charge in [0.05, 0.1) is 11.2 Å². The first kappa shape index (κ1) is 16.0. The second-order valence-electron chi connectivity index (χ2n) is 6.18. The molecule has 0 aliphatic heterocycles. The van der Waals surface area contributed by atoms with Crippen LogP contribution in [0.4, 0.5) is 0 Å². The summed E-state index contributed by atoms with van der Waals surface area (Å²) in [6.45, 7) is 3.78. The van der Waals surface area contributed by atoms with Crippen LogP contribution < -0.4 is 5.32 Å². The Kier molecular flexibility index (Phi) is 5.37. The number of benzene rings is 1. The molecular formula is C17H25NO3. The summed E-state index contributed by atoms with van der Waals surface area (Å²) >= 11 is 0. The fourth-order valence-corrected chi connectivity index (χ4v) is 2.99. The van der Waals surface area contributed by atoms with E-state index >= 15 is 0 Å². The smallest absolute Gasteiger partial charge is 0.335 e. The van der Waals surface area contributed by atoms with E-state index < -0.39 is 5.97 Å². The molecule has 2 rings (SSSR count). The van der Waals surface area contributed by atoms with Crippen LogP contribution in [0.2, 0.25) is 0 Å². The van der Waals surface area contributed by atoms with E-state index in [4.69, 9.17) is 9.84 Å². The highest BCUT2D eigenvalue weighted by atomic mass is 16.5. The molecule has 1 fully saturated rings. The molecule has 1 aromatic carbocycles. The lowest BCUT2D eigenvalue weighted by Gasteiger charge is -2.38. The van der Waals surface area contributed by atoms with Crippen molar-refractivity contribution in [3.63, 3.8) is 0 Å². The Hall–Kier alpha value is -1.39. The minimum absolute atomic E-state index is 0.0586. The molecule has 1 aromatic rings. The van der Waals surface area contributed by atoms with Gasteiger partial charge in [0, 0.05) is 20.2 Å². The minimum atomic E-state index is -0.883. The van der Waals surface area contributed by atoms with Crippen LogP contribution in [-0.4, -0.2) is 30.3 Å². The maximum Gasteiger partial charge on any atom is 0.335 e. The summed E-state index contributed by atoms with van der Waals surface area (Å²) in [4.78, 5) is 11.0. The molecule has 1 saturated carbocycles. The molecule has 0 heterocycles. The zero-order chi connectivity index (χ0) is 15.3. The van der Waals surface area contributed by atoms with Crippen LogP contribution in [0.15, 0.2) is 24.3 Å². The van der Waals surface area contributed by atoms with Gasteiger partial charge in [-0.3, -0.25) is 0 Å². The molecule has 0 saturated heterocycles. The average Bonchev–Trinajstić information content (AvgIpc) is 2.50. The van der Waals surface area contributed by atoms with E-state index in [0.717, 1.165) is 30.9 Å². The van der Waals surface area contributed by atoms with Gasteiger partial charge in [-0.1, -0.05) is 19.1 Å². The molecule has 0 atom stereocenters. The Balaban J connectivity index is 1.88. The van der Waals surface area contributed by atoms with Crippen LogP contribution >= 0.6 is 0 Å². The van der Waals surface area contributed by atoms with Crippen molar-refractivity contribution in [2.45, 2.75) is 44.8 Å². The number of hydrogen-bond acceptors (Lipinski definition) is 3. The number of rotatable bonds is 6. The summed E-state index contributed by atoms with van der Waals surface area (Å²) in [7, 11) is 1.79. The molecule has 2 N–H and O–H groups in total. The molecule has 0 spiro atoms. The van der Waals surface area contributed by atoms with Crippen molar-refractivity contribution in [2.75, 3.05) is 13.7 Å². The lowest BCUT2D eigenvalue weighted by atomic mass is 9.79. The van der Waals surface area contributed by atoms with Gasteiger partial charge in [0.15, 0.2) is 0 Å². The number of hydrogen-bond donors (Lipinski definition) is 2. The lowest BCUT2D eigenvalue weighted by Crippen LogP contribution is -2.44. The number of ether oxygens (including phenoxy) is 1. The summed E-state index contributed by atoms with van der Waals surface area (Å²) in [5.41, 5.74) is 1.27. The third-order valence-electron chi connectivity index (χ3n) is 4.57. The Labute approximate surface area is 126 Å². The van der Waals surface area contributed by atoms with Gasteiger partial charge in [-0.25, -0.2) is 4.79 Å². The molecule has 0 amide bonds. The van der Waals surface area contributed by atoms with Crippen LogP contribution in [0.3, 0.4) is 0 Å². The van der Waals surface area contributed by atoms with Gasteiger partial charge in [-0.05, 0) is 49.3 Å². The zero-order valence-corrected chi connectivity index (χ0v) is 12.9. The van der Waals surface area contributed by atoms with Crippen LogP contribution in [-0.2, 0) is 11.3 Å². The maximum absolute atomic E-state index is 11.0. The molecular weight excluding hydrogens is 266 g/mol. The molecule has 21 heavy (non-hydrogen) atoms. The van der Waals surface area contributed by atoms with Crippen molar-refractivity contribution in [3.8, 4) is 0 Å². The van der Waals surface area contributed by atoms with Gasteiger partial charge in [-0.2, -0.15) is 0 Å². The predicted octanol–water partition coefficient (Wildman–Crippen LogP) is 3.07. The molecule has 0 aromatic heterocycles. The molecule has 1 aliphatic rings. The molecule has 4 nitrogen and oxygen atoms in total. The van der Waals surface area contributed by atoms with Crippen LogP contribution in [0.1, 0.15) is 48.5 Å². The molecule has 116 valence electrons. The van der Waals surface area contributed by atoms with Crippen molar-refractivity contribution >= 4 is 5.97 Å². The van der Waals surface area contributed by atoms with Crippen molar-refractivity contribution in [1.82, 2.24) is 5.32 Å². The maximum atomic E-state index is 11.0. The van der Waals surface area contributed by atoms with Crippen molar-refractivity contribution < 1.29 is 14.6 Å². The number of carbonyl (C=O) groups is 1. The summed E-state index contributed by atoms with van der Waals surface area (Å²) in [6, 6.07) is 7.07. The fourth-order valence-electron chi connectivity index (χ4n) is 2.99. The van der Waals surface area contributed by atoms with E-state index in [-0.39, 0.29) is 5.60 Å². The number of methoxy groups -OCH3 is 1. The van der Waals surface area contributed by atoms with Gasteiger partial charge in [-0.15, -0.1) is 0 Å². The van der Waals surface area contributed by atoms with Crippen molar-refractivity contribution in [3.05, 3.63) is 35.4 Å². The first-order valence-electron chi connectivity index (χ1n) is 7.63. The highest BCUT2D eigenvalue weighted by molar-refractivity contribution is 5.87. The minimum Gasteiger partial charge on any atom is -0.478 e. The summed E-state index contributed by atoms with van der Waals surface area (Å²) in [5, 5.41) is 12.4. The standard InChI is InChI=1S/C17H25NO3/c1-13-6-8-17(21-2,9-7-13)12-18-11-14-4-3-5-15(10-14)16(19)20/h3-5,10,13,18H,6-9,11-12H2,1-2H3,(H,19,20). The first-order chi connectivity index (χ1) is 10.0. The second kappa shape index (κ2) is 7.05. The number of carboxylic acids is 1. The first-order valence-corrected chi connectivity index (χ1v) is 7.63. The summed E-state index contributed by atoms with van der Waals surface area (Å²) in [6.07, 6.45) is 4.60. The molecule has 0 bridgehead atoms. The Morgan fingerprint density at radius 3 is 2.76 bits per heavy atom. The topological polar surface area (TPSA) is 58.6 Å². The van der Waals surface area contributed by atoms with E-state index in [1.165, 1.54) is 12.8 Å². The van der Waals surface area contributed by atoms with Crippen molar-refractivity contribution in [2.24, 2.45) is 5.92 Å². The molecule has 0 unspecified atom stereocenters. The van der Waals surface area contributed by atoms with Gasteiger partial charge >= 0.3 is 5.97 Å². The van der Waals surface area contributed by atoms with E-state index in [1.807, 2.05) is 6.07 Å². The van der Waals surface area contributed by atoms with Gasteiger partial charge < -0.3 is 15.2 Å². The van der Waals surface area contributed by atoms with E-state index in [1.54, 1.807) is 25.3 Å². The van der Waals surface area contributed by atoms with Gasteiger partial charge in [0.25, 0.3) is 0 Å². The molecule has 4 heteroatoms. The summed E-state index contributed by atoms with van der Waals surface area (Å²) < 4.78 is 5.77. The van der Waals surface area contributed by atoms with Gasteiger partial charge in [0.1, 0.15) is 0 Å². The number of aromatic carboxylic acids is 1. The van der Waals surface area contributed by atoms with Crippen molar-refractivity contribution in [1.29, 1.82) is 0 Å². The third kappa shape index (κ3) is 4.29. The molecule has 0 radical (unpaired) electrons. The summed E-state index contributed by atoms with van der Waals surface area (Å²) in [5.74, 6) is -0.0907. The van der Waals surface area contributed by atoms with E-state index in [2.05, 4.69) is 12.2 Å². The van der Waals surface area contributed by atoms with E-state index in [9.17, 15) is 4.79 Å². The highest BCUT2D eigenvalue weighted by Crippen LogP contribution is 2.33. The largest absolute Gasteiger partial charge is 0.478 e. The van der Waals surface area contributed by atoms with Crippen LogP contribution in [0.25, 0.3) is 0 Å². The monoisotopic (exact) mass is 291 g/mol. The Bertz CT molecular complexity index is 479. The van der Waals surface area contributed by atoms with Crippen LogP contribution in [0.5, 0.6) is 0 Å². The predicted molar refractivity (Wildman–Crippen MR) is 82.5 cm³/mol. The quantitative estimate of drug-likeness (QED) is 0.845. The normalized spacial score (nSPS) is 25.7. The average molecular weight is 291 g/mol. The number of nitrogens with one attached hydrogen (secondary N) is 1. The third-order valence-corrected chi connectivity index (χ3v) is 4.57.